The fraction of sp³-hybridized carbons (Fsp3) is 0.214. The van der Waals surface area contributed by atoms with Gasteiger partial charge in [0.25, 0.3) is 0 Å². The molecule has 0 fully saturated rings. The van der Waals surface area contributed by atoms with Gasteiger partial charge in [0.05, 0.1) is 22.5 Å². The highest BCUT2D eigenvalue weighted by molar-refractivity contribution is 7.89. The van der Waals surface area contributed by atoms with Gasteiger partial charge in [-0.25, -0.2) is 17.9 Å². The number of pyridine rings is 1. The molecule has 180 valence electrons. The topological polar surface area (TPSA) is 85.4 Å². The first-order valence-electron chi connectivity index (χ1n) is 11.5. The molecule has 3 aromatic carbocycles. The Hall–Kier alpha value is -3.55. The Morgan fingerprint density at radius 2 is 1.60 bits per heavy atom. The highest BCUT2D eigenvalue weighted by Gasteiger charge is 2.25. The summed E-state index contributed by atoms with van der Waals surface area (Å²) in [5.41, 5.74) is 4.42. The predicted octanol–water partition coefficient (Wildman–Crippen LogP) is 5.29. The van der Waals surface area contributed by atoms with Crippen molar-refractivity contribution in [2.75, 3.05) is 6.54 Å². The molecule has 0 aliphatic rings. The van der Waals surface area contributed by atoms with E-state index in [0.717, 1.165) is 22.3 Å². The van der Waals surface area contributed by atoms with E-state index in [1.165, 1.54) is 0 Å². The standard InChI is InChI=1S/C28H28N2O4S/c1-4-24-20(3)27(23-12-8-9-13-25(23)30-24)28(31)34-26(21-10-6-5-7-11-21)18-29-35(32,33)22-16-14-19(2)15-17-22/h5-17,26,29H,4,18H2,1-3H3. The molecule has 0 radical (unpaired) electrons. The van der Waals surface area contributed by atoms with Crippen LogP contribution in [0.5, 0.6) is 0 Å². The molecular formula is C28H28N2O4S. The Balaban J connectivity index is 1.66. The van der Waals surface area contributed by atoms with Gasteiger partial charge in [0.2, 0.25) is 10.0 Å². The minimum atomic E-state index is -3.79. The Labute approximate surface area is 206 Å². The smallest absolute Gasteiger partial charge is 0.339 e. The molecule has 0 bridgehead atoms. The number of aromatic nitrogens is 1. The van der Waals surface area contributed by atoms with Crippen LogP contribution in [-0.2, 0) is 21.2 Å². The van der Waals surface area contributed by atoms with Crippen LogP contribution in [0.15, 0.2) is 83.8 Å². The molecule has 4 aromatic rings. The van der Waals surface area contributed by atoms with E-state index >= 15 is 0 Å². The number of fused-ring (bicyclic) bond motifs is 1. The van der Waals surface area contributed by atoms with Crippen molar-refractivity contribution in [3.63, 3.8) is 0 Å². The Morgan fingerprint density at radius 1 is 0.943 bits per heavy atom. The zero-order valence-electron chi connectivity index (χ0n) is 20.0. The summed E-state index contributed by atoms with van der Waals surface area (Å²) in [5, 5.41) is 0.708. The maximum atomic E-state index is 13.5. The molecule has 1 unspecified atom stereocenters. The number of hydrogen-bond donors (Lipinski definition) is 1. The van der Waals surface area contributed by atoms with Gasteiger partial charge in [-0.1, -0.05) is 73.2 Å². The van der Waals surface area contributed by atoms with Crippen LogP contribution in [0.3, 0.4) is 0 Å². The van der Waals surface area contributed by atoms with E-state index in [1.807, 2.05) is 75.4 Å². The fourth-order valence-corrected chi connectivity index (χ4v) is 5.07. The number of sulfonamides is 1. The van der Waals surface area contributed by atoms with Gasteiger partial charge in [-0.15, -0.1) is 0 Å². The number of hydrogen-bond acceptors (Lipinski definition) is 5. The summed E-state index contributed by atoms with van der Waals surface area (Å²) in [6.45, 7) is 5.65. The largest absolute Gasteiger partial charge is 0.452 e. The zero-order valence-corrected chi connectivity index (χ0v) is 20.8. The normalized spacial score (nSPS) is 12.4. The van der Waals surface area contributed by atoms with E-state index in [-0.39, 0.29) is 11.4 Å². The first-order chi connectivity index (χ1) is 16.8. The van der Waals surface area contributed by atoms with Crippen molar-refractivity contribution in [1.29, 1.82) is 0 Å². The average Bonchev–Trinajstić information content (AvgIpc) is 2.86. The number of ether oxygens (including phenoxy) is 1. The average molecular weight is 489 g/mol. The summed E-state index contributed by atoms with van der Waals surface area (Å²) < 4.78 is 34.4. The summed E-state index contributed by atoms with van der Waals surface area (Å²) in [6.07, 6.45) is -0.143. The van der Waals surface area contributed by atoms with Gasteiger partial charge in [-0.05, 0) is 49.6 Å². The molecular weight excluding hydrogens is 460 g/mol. The third-order valence-electron chi connectivity index (χ3n) is 5.99. The molecule has 0 aliphatic carbocycles. The van der Waals surface area contributed by atoms with Gasteiger partial charge in [-0.3, -0.25) is 4.98 Å². The van der Waals surface area contributed by atoms with E-state index in [4.69, 9.17) is 4.74 Å². The summed E-state index contributed by atoms with van der Waals surface area (Å²) in [4.78, 5) is 18.4. The monoisotopic (exact) mass is 488 g/mol. The van der Waals surface area contributed by atoms with Crippen LogP contribution in [0, 0.1) is 13.8 Å². The summed E-state index contributed by atoms with van der Waals surface area (Å²) in [6, 6.07) is 23.2. The summed E-state index contributed by atoms with van der Waals surface area (Å²) >= 11 is 0. The SMILES string of the molecule is CCc1nc2ccccc2c(C(=O)OC(CNS(=O)(=O)c2ccc(C)cc2)c2ccccc2)c1C. The van der Waals surface area contributed by atoms with E-state index in [1.54, 1.807) is 24.3 Å². The van der Waals surface area contributed by atoms with Crippen LogP contribution in [0.2, 0.25) is 0 Å². The summed E-state index contributed by atoms with van der Waals surface area (Å²) in [5.74, 6) is -0.515. The van der Waals surface area contributed by atoms with Crippen LogP contribution in [0.4, 0.5) is 0 Å². The number of rotatable bonds is 8. The molecule has 1 atom stereocenters. The number of para-hydroxylation sites is 1. The number of nitrogens with zero attached hydrogens (tertiary/aromatic N) is 1. The van der Waals surface area contributed by atoms with Crippen LogP contribution in [0.1, 0.15) is 45.8 Å². The first-order valence-corrected chi connectivity index (χ1v) is 13.0. The van der Waals surface area contributed by atoms with Crippen molar-refractivity contribution < 1.29 is 17.9 Å². The lowest BCUT2D eigenvalue weighted by Gasteiger charge is -2.21. The molecule has 4 rings (SSSR count). The van der Waals surface area contributed by atoms with Crippen LogP contribution in [-0.4, -0.2) is 25.9 Å². The predicted molar refractivity (Wildman–Crippen MR) is 137 cm³/mol. The minimum absolute atomic E-state index is 0.103. The molecule has 1 heterocycles. The van der Waals surface area contributed by atoms with Gasteiger partial charge >= 0.3 is 5.97 Å². The van der Waals surface area contributed by atoms with Gasteiger partial charge < -0.3 is 4.74 Å². The van der Waals surface area contributed by atoms with E-state index < -0.39 is 22.1 Å². The van der Waals surface area contributed by atoms with Crippen LogP contribution in [0.25, 0.3) is 10.9 Å². The number of nitrogens with one attached hydrogen (secondary N) is 1. The Morgan fingerprint density at radius 3 is 2.29 bits per heavy atom. The number of aryl methyl sites for hydroxylation is 2. The molecule has 7 heteroatoms. The zero-order chi connectivity index (χ0) is 25.0. The van der Waals surface area contributed by atoms with Gasteiger partial charge in [0, 0.05) is 11.1 Å². The molecule has 1 N–H and O–H groups in total. The van der Waals surface area contributed by atoms with Crippen LogP contribution < -0.4 is 4.72 Å². The molecule has 35 heavy (non-hydrogen) atoms. The lowest BCUT2D eigenvalue weighted by molar-refractivity contribution is 0.0309. The minimum Gasteiger partial charge on any atom is -0.452 e. The molecule has 0 saturated carbocycles. The molecule has 1 aromatic heterocycles. The second-order valence-electron chi connectivity index (χ2n) is 8.40. The maximum Gasteiger partial charge on any atom is 0.339 e. The number of benzene rings is 3. The summed E-state index contributed by atoms with van der Waals surface area (Å²) in [7, 11) is -3.79. The molecule has 0 saturated heterocycles. The fourth-order valence-electron chi connectivity index (χ4n) is 4.03. The second-order valence-corrected chi connectivity index (χ2v) is 10.2. The highest BCUT2D eigenvalue weighted by atomic mass is 32.2. The molecule has 0 aliphatic heterocycles. The number of carbonyl (C=O) groups is 1. The van der Waals surface area contributed by atoms with E-state index in [2.05, 4.69) is 9.71 Å². The second kappa shape index (κ2) is 10.4. The van der Waals surface area contributed by atoms with Crippen molar-refractivity contribution in [3.8, 4) is 0 Å². The van der Waals surface area contributed by atoms with E-state index in [0.29, 0.717) is 22.9 Å². The maximum absolute atomic E-state index is 13.5. The van der Waals surface area contributed by atoms with Gasteiger partial charge in [0.15, 0.2) is 0 Å². The lowest BCUT2D eigenvalue weighted by atomic mass is 10.00. The Kier molecular flexibility index (Phi) is 7.28. The van der Waals surface area contributed by atoms with Crippen molar-refractivity contribution >= 4 is 26.9 Å². The Bertz CT molecular complexity index is 1450. The van der Waals surface area contributed by atoms with Crippen molar-refractivity contribution in [3.05, 3.63) is 107 Å². The quantitative estimate of drug-likeness (QED) is 0.341. The lowest BCUT2D eigenvalue weighted by Crippen LogP contribution is -2.31. The third-order valence-corrected chi connectivity index (χ3v) is 7.43. The number of esters is 1. The van der Waals surface area contributed by atoms with Crippen LogP contribution >= 0.6 is 0 Å². The van der Waals surface area contributed by atoms with Crippen molar-refractivity contribution in [2.24, 2.45) is 0 Å². The van der Waals surface area contributed by atoms with Gasteiger partial charge in [0.1, 0.15) is 6.10 Å². The van der Waals surface area contributed by atoms with Crippen molar-refractivity contribution in [1.82, 2.24) is 9.71 Å². The first kappa shape index (κ1) is 24.6. The van der Waals surface area contributed by atoms with E-state index in [9.17, 15) is 13.2 Å². The molecule has 0 amide bonds. The molecule has 0 spiro atoms. The van der Waals surface area contributed by atoms with Gasteiger partial charge in [-0.2, -0.15) is 0 Å². The third kappa shape index (κ3) is 5.42. The molecule has 6 nitrogen and oxygen atoms in total. The van der Waals surface area contributed by atoms with Crippen molar-refractivity contribution in [2.45, 2.75) is 38.2 Å². The highest BCUT2D eigenvalue weighted by Crippen LogP contribution is 2.27. The number of carbonyl (C=O) groups excluding carboxylic acids is 1.